The number of nitrogens with zero attached hydrogens (tertiary/aromatic N) is 4. The molecule has 11 heteroatoms. The topological polar surface area (TPSA) is 121 Å². The molecule has 3 aliphatic heterocycles. The third-order valence-electron chi connectivity index (χ3n) is 13.5. The maximum atomic E-state index is 15.4. The van der Waals surface area contributed by atoms with Crippen molar-refractivity contribution < 1.29 is 14.0 Å². The van der Waals surface area contributed by atoms with Crippen molar-refractivity contribution in [3.63, 3.8) is 0 Å². The van der Waals surface area contributed by atoms with E-state index in [9.17, 15) is 9.59 Å². The average Bonchev–Trinajstić information content (AvgIpc) is 3.90. The van der Waals surface area contributed by atoms with Gasteiger partial charge in [-0.2, -0.15) is 0 Å². The summed E-state index contributed by atoms with van der Waals surface area (Å²) in [5.41, 5.74) is 6.43. The number of hydrogen-bond acceptors (Lipinski definition) is 7. The number of piperidine rings is 1. The molecular weight excluding hydrogens is 631 g/mol. The Morgan fingerprint density at radius 3 is 2.32 bits per heavy atom. The molecule has 2 amide bonds. The molecule has 0 aromatic heterocycles. The molecule has 0 aromatic rings. The number of unbranched alkanes of at least 4 members (excludes halogenated alkanes) is 2. The molecule has 0 radical (unpaired) electrons. The minimum absolute atomic E-state index is 0.00703. The monoisotopic (exact) mass is 703 g/mol. The maximum Gasteiger partial charge on any atom is 0.240 e. The van der Waals surface area contributed by atoms with Gasteiger partial charge in [0.15, 0.2) is 0 Å². The Morgan fingerprint density at radius 2 is 1.68 bits per heavy atom. The van der Waals surface area contributed by atoms with E-state index in [1.54, 1.807) is 0 Å². The molecule has 2 aliphatic carbocycles. The van der Waals surface area contributed by atoms with Crippen molar-refractivity contribution in [2.24, 2.45) is 23.0 Å². The lowest BCUT2D eigenvalue weighted by Crippen LogP contribution is -2.65. The van der Waals surface area contributed by atoms with Crippen LogP contribution in [0, 0.1) is 22.7 Å². The zero-order valence-corrected chi connectivity index (χ0v) is 31.8. The summed E-state index contributed by atoms with van der Waals surface area (Å²) in [5, 5.41) is 15.0. The van der Waals surface area contributed by atoms with E-state index < -0.39 is 18.1 Å². The molecule has 5 rings (SSSR count). The molecule has 6 atom stereocenters. The van der Waals surface area contributed by atoms with Gasteiger partial charge in [0.05, 0.1) is 12.1 Å². The number of amides is 2. The SMILES string of the molecule is CCCCCN1CCC(N2CCN(C(=O)[C@@H]3CCCN3C)CC2)C(NC(=O)C(C(=N)N)C(C)NCC(F)CCC2(C3CCCC3)CCCC2)C1. The molecule has 3 heterocycles. The molecular formula is C39H71FN8O2. The molecule has 5 unspecified atom stereocenters. The highest BCUT2D eigenvalue weighted by atomic mass is 19.1. The number of amidine groups is 1. The van der Waals surface area contributed by atoms with E-state index in [0.717, 1.165) is 77.3 Å². The number of carbonyl (C=O) groups excluding carboxylic acids is 2. The molecule has 10 nitrogen and oxygen atoms in total. The number of nitrogens with one attached hydrogen (secondary N) is 3. The van der Waals surface area contributed by atoms with Crippen LogP contribution in [-0.4, -0.2) is 134 Å². The fourth-order valence-electron chi connectivity index (χ4n) is 10.4. The largest absolute Gasteiger partial charge is 0.387 e. The smallest absolute Gasteiger partial charge is 0.240 e. The fourth-order valence-corrected chi connectivity index (χ4v) is 10.4. The van der Waals surface area contributed by atoms with Crippen LogP contribution in [0.4, 0.5) is 4.39 Å². The summed E-state index contributed by atoms with van der Waals surface area (Å²) < 4.78 is 15.4. The molecule has 50 heavy (non-hydrogen) atoms. The van der Waals surface area contributed by atoms with Gasteiger partial charge in [-0.15, -0.1) is 0 Å². The minimum atomic E-state index is -0.981. The van der Waals surface area contributed by atoms with Crippen LogP contribution in [0.1, 0.15) is 117 Å². The predicted molar refractivity (Wildman–Crippen MR) is 200 cm³/mol. The second kappa shape index (κ2) is 18.8. The lowest BCUT2D eigenvalue weighted by atomic mass is 9.69. The Morgan fingerprint density at radius 1 is 0.960 bits per heavy atom. The molecule has 0 aromatic carbocycles. The Hall–Kier alpha value is -1.82. The first-order chi connectivity index (χ1) is 24.1. The Labute approximate surface area is 302 Å². The average molecular weight is 703 g/mol. The van der Waals surface area contributed by atoms with Gasteiger partial charge in [-0.3, -0.25) is 24.8 Å². The van der Waals surface area contributed by atoms with Crippen LogP contribution in [0.15, 0.2) is 0 Å². The number of alkyl halides is 1. The first kappa shape index (κ1) is 39.4. The summed E-state index contributed by atoms with van der Waals surface area (Å²) >= 11 is 0. The van der Waals surface area contributed by atoms with Crippen molar-refractivity contribution >= 4 is 17.6 Å². The maximum absolute atomic E-state index is 15.4. The minimum Gasteiger partial charge on any atom is -0.387 e. The van der Waals surface area contributed by atoms with Gasteiger partial charge in [-0.1, -0.05) is 45.4 Å². The molecule has 286 valence electrons. The normalized spacial score (nSPS) is 28.9. The number of carbonyl (C=O) groups is 2. The third kappa shape index (κ3) is 9.98. The second-order valence-corrected chi connectivity index (χ2v) is 16.8. The number of piperazine rings is 1. The molecule has 0 bridgehead atoms. The van der Waals surface area contributed by atoms with E-state index in [1.807, 2.05) is 11.8 Å². The van der Waals surface area contributed by atoms with E-state index in [2.05, 4.69) is 39.3 Å². The van der Waals surface area contributed by atoms with Crippen LogP contribution in [0.25, 0.3) is 0 Å². The van der Waals surface area contributed by atoms with Gasteiger partial charge in [0.2, 0.25) is 11.8 Å². The van der Waals surface area contributed by atoms with Crippen molar-refractivity contribution in [1.29, 1.82) is 5.41 Å². The molecule has 5 aliphatic rings. The van der Waals surface area contributed by atoms with Crippen molar-refractivity contribution in [2.75, 3.05) is 66.0 Å². The summed E-state index contributed by atoms with van der Waals surface area (Å²) in [6.45, 7) is 11.0. The summed E-state index contributed by atoms with van der Waals surface area (Å²) in [6.07, 6.45) is 17.4. The number of likely N-dealkylation sites (tertiary alicyclic amines) is 2. The van der Waals surface area contributed by atoms with Crippen LogP contribution < -0.4 is 16.4 Å². The summed E-state index contributed by atoms with van der Waals surface area (Å²) in [7, 11) is 2.05. The van der Waals surface area contributed by atoms with Crippen LogP contribution in [0.3, 0.4) is 0 Å². The van der Waals surface area contributed by atoms with Crippen molar-refractivity contribution in [2.45, 2.75) is 147 Å². The van der Waals surface area contributed by atoms with Crippen LogP contribution >= 0.6 is 0 Å². The Balaban J connectivity index is 1.16. The lowest BCUT2D eigenvalue weighted by Gasteiger charge is -2.47. The van der Waals surface area contributed by atoms with E-state index in [1.165, 1.54) is 64.2 Å². The number of hydrogen-bond donors (Lipinski definition) is 4. The molecule has 2 saturated carbocycles. The number of nitrogens with two attached hydrogens (primary N) is 1. The zero-order chi connectivity index (χ0) is 35.7. The number of rotatable bonds is 17. The van der Waals surface area contributed by atoms with Crippen molar-refractivity contribution in [3.05, 3.63) is 0 Å². The van der Waals surface area contributed by atoms with E-state index >= 15 is 4.39 Å². The van der Waals surface area contributed by atoms with Crippen LogP contribution in [-0.2, 0) is 9.59 Å². The second-order valence-electron chi connectivity index (χ2n) is 16.8. The highest BCUT2D eigenvalue weighted by Gasteiger charge is 2.43. The highest BCUT2D eigenvalue weighted by Crippen LogP contribution is 2.53. The Bertz CT molecular complexity index is 1090. The van der Waals surface area contributed by atoms with Crippen LogP contribution in [0.5, 0.6) is 0 Å². The van der Waals surface area contributed by atoms with Gasteiger partial charge in [0.25, 0.3) is 0 Å². The molecule has 0 spiro atoms. The van der Waals surface area contributed by atoms with Gasteiger partial charge in [0, 0.05) is 51.4 Å². The number of likely N-dealkylation sites (N-methyl/N-ethyl adjacent to an activating group) is 1. The zero-order valence-electron chi connectivity index (χ0n) is 31.8. The third-order valence-corrected chi connectivity index (χ3v) is 13.5. The predicted octanol–water partition coefficient (Wildman–Crippen LogP) is 4.37. The Kier molecular flexibility index (Phi) is 14.8. The molecule has 3 saturated heterocycles. The first-order valence-corrected chi connectivity index (χ1v) is 20.6. The van der Waals surface area contributed by atoms with Gasteiger partial charge in [0.1, 0.15) is 17.9 Å². The summed E-state index contributed by atoms with van der Waals surface area (Å²) in [6, 6.07) is -0.400. The standard InChI is InChI=1S/C39H71FN8O2/c1-4-5-10-21-46-22-16-33(47-23-25-48(26-24-47)38(50)34-14-11-20-45(34)3)32(28-46)44-37(49)35(36(41)42)29(2)43-27-31(40)15-19-39(17-8-9-18-39)30-12-6-7-13-30/h29-35,43H,4-28H2,1-3H3,(H3,41,42)(H,44,49)/t29?,31?,32?,33?,34-,35?/m0/s1. The fraction of sp³-hybridized carbons (Fsp3) is 0.923. The van der Waals surface area contributed by atoms with Gasteiger partial charge in [-0.25, -0.2) is 4.39 Å². The van der Waals surface area contributed by atoms with Crippen molar-refractivity contribution in [1.82, 2.24) is 30.2 Å². The van der Waals surface area contributed by atoms with E-state index in [-0.39, 0.29) is 42.3 Å². The number of halogens is 1. The van der Waals surface area contributed by atoms with Crippen molar-refractivity contribution in [3.8, 4) is 0 Å². The molecule has 5 N–H and O–H groups in total. The van der Waals surface area contributed by atoms with E-state index in [4.69, 9.17) is 11.1 Å². The summed E-state index contributed by atoms with van der Waals surface area (Å²) in [5.74, 6) is -0.265. The van der Waals surface area contributed by atoms with Gasteiger partial charge >= 0.3 is 0 Å². The van der Waals surface area contributed by atoms with Gasteiger partial charge in [-0.05, 0) is 109 Å². The summed E-state index contributed by atoms with van der Waals surface area (Å²) in [4.78, 5) is 36.4. The quantitative estimate of drug-likeness (QED) is 0.101. The van der Waals surface area contributed by atoms with E-state index in [0.29, 0.717) is 24.9 Å². The molecule has 5 fully saturated rings. The highest BCUT2D eigenvalue weighted by molar-refractivity contribution is 6.01. The first-order valence-electron chi connectivity index (χ1n) is 20.6. The van der Waals surface area contributed by atoms with Crippen LogP contribution in [0.2, 0.25) is 0 Å². The lowest BCUT2D eigenvalue weighted by molar-refractivity contribution is -0.138. The van der Waals surface area contributed by atoms with Gasteiger partial charge < -0.3 is 26.2 Å².